The fraction of sp³-hybridized carbons (Fsp3) is 0.261. The van der Waals surface area contributed by atoms with Crippen LogP contribution >= 0.6 is 8.25 Å². The highest BCUT2D eigenvalue weighted by Crippen LogP contribution is 2.35. The van der Waals surface area contributed by atoms with Crippen LogP contribution in [0.3, 0.4) is 0 Å². The van der Waals surface area contributed by atoms with Crippen molar-refractivity contribution in [3.8, 4) is 17.3 Å². The predicted molar refractivity (Wildman–Crippen MR) is 132 cm³/mol. The summed E-state index contributed by atoms with van der Waals surface area (Å²) >= 11 is 0. The SMILES string of the molecule is N#CCC(C1CCN(c2nc3cccnc3o2)C1)n1ccc(-c2ncnc3[nH]ccc23)c1.O=[P+]([O-])OO.[HH]. The van der Waals surface area contributed by atoms with E-state index in [9.17, 15) is 5.26 Å². The van der Waals surface area contributed by atoms with Gasteiger partial charge in [0.2, 0.25) is 5.71 Å². The molecule has 13 nitrogen and oxygen atoms in total. The summed E-state index contributed by atoms with van der Waals surface area (Å²) < 4.78 is 19.6. The molecule has 0 aliphatic carbocycles. The van der Waals surface area contributed by atoms with E-state index >= 15 is 0 Å². The molecule has 6 rings (SSSR count). The highest BCUT2D eigenvalue weighted by Gasteiger charge is 2.32. The number of fused-ring (bicyclic) bond motifs is 2. The summed E-state index contributed by atoms with van der Waals surface area (Å²) in [6.07, 6.45) is 10.7. The zero-order valence-electron chi connectivity index (χ0n) is 19.3. The van der Waals surface area contributed by atoms with Crippen molar-refractivity contribution in [2.45, 2.75) is 18.9 Å². The summed E-state index contributed by atoms with van der Waals surface area (Å²) in [6.45, 7) is 1.62. The van der Waals surface area contributed by atoms with Crippen molar-refractivity contribution >= 4 is 36.5 Å². The number of nitrogens with zero attached hydrogens (tertiary/aromatic N) is 7. The Balaban J connectivity index is 0.000000516. The van der Waals surface area contributed by atoms with Crippen LogP contribution in [-0.2, 0) is 9.24 Å². The van der Waals surface area contributed by atoms with E-state index in [1.165, 1.54) is 0 Å². The van der Waals surface area contributed by atoms with Gasteiger partial charge in [0.15, 0.2) is 0 Å². The molecule has 6 heterocycles. The second kappa shape index (κ2) is 10.8. The minimum Gasteiger partial charge on any atom is -0.565 e. The number of aromatic nitrogens is 6. The van der Waals surface area contributed by atoms with Crippen molar-refractivity contribution in [2.24, 2.45) is 5.92 Å². The van der Waals surface area contributed by atoms with Crippen molar-refractivity contribution in [3.05, 3.63) is 55.4 Å². The normalized spacial score (nSPS) is 16.4. The van der Waals surface area contributed by atoms with E-state index < -0.39 is 8.25 Å². The highest BCUT2D eigenvalue weighted by molar-refractivity contribution is 7.30. The number of rotatable bonds is 6. The Kier molecular flexibility index (Phi) is 7.16. The van der Waals surface area contributed by atoms with Crippen LogP contribution in [0.4, 0.5) is 6.01 Å². The van der Waals surface area contributed by atoms with Gasteiger partial charge in [-0.1, -0.05) is 0 Å². The molecule has 1 aliphatic rings. The maximum atomic E-state index is 9.53. The van der Waals surface area contributed by atoms with Crippen LogP contribution < -0.4 is 9.79 Å². The van der Waals surface area contributed by atoms with E-state index in [0.29, 0.717) is 24.1 Å². The van der Waals surface area contributed by atoms with Gasteiger partial charge in [-0.05, 0) is 41.2 Å². The van der Waals surface area contributed by atoms with Crippen molar-refractivity contribution in [2.75, 3.05) is 18.0 Å². The molecule has 5 aromatic rings. The molecule has 1 saturated heterocycles. The molecule has 3 unspecified atom stereocenters. The molecule has 14 heteroatoms. The first-order valence-corrected chi connectivity index (χ1v) is 12.4. The molecule has 0 bridgehead atoms. The zero-order chi connectivity index (χ0) is 25.8. The van der Waals surface area contributed by atoms with Crippen molar-refractivity contribution in [1.82, 2.24) is 29.5 Å². The lowest BCUT2D eigenvalue weighted by Gasteiger charge is -2.23. The van der Waals surface area contributed by atoms with Crippen molar-refractivity contribution < 1.29 is 25.2 Å². The third-order valence-corrected chi connectivity index (χ3v) is 6.42. The third kappa shape index (κ3) is 5.18. The van der Waals surface area contributed by atoms with Gasteiger partial charge in [-0.2, -0.15) is 10.2 Å². The maximum absolute atomic E-state index is 9.53. The summed E-state index contributed by atoms with van der Waals surface area (Å²) in [6, 6.07) is 10.8. The average molecular weight is 522 g/mol. The van der Waals surface area contributed by atoms with Gasteiger partial charge >= 0.3 is 8.25 Å². The number of nitriles is 1. The molecule has 0 aromatic carbocycles. The van der Waals surface area contributed by atoms with Gasteiger partial charge in [0.05, 0.1) is 24.2 Å². The molecule has 190 valence electrons. The van der Waals surface area contributed by atoms with Gasteiger partial charge < -0.3 is 23.8 Å². The van der Waals surface area contributed by atoms with Crippen molar-refractivity contribution in [3.63, 3.8) is 0 Å². The third-order valence-electron chi connectivity index (χ3n) is 6.29. The summed E-state index contributed by atoms with van der Waals surface area (Å²) in [7, 11) is -3.04. The summed E-state index contributed by atoms with van der Waals surface area (Å²) in [4.78, 5) is 31.8. The minimum atomic E-state index is -3.04. The predicted octanol–water partition coefficient (Wildman–Crippen LogP) is 3.68. The Hall–Kier alpha value is -4.21. The molecule has 1 aliphatic heterocycles. The van der Waals surface area contributed by atoms with E-state index in [1.807, 2.05) is 30.6 Å². The van der Waals surface area contributed by atoms with E-state index in [-0.39, 0.29) is 7.47 Å². The Morgan fingerprint density at radius 2 is 2.24 bits per heavy atom. The van der Waals surface area contributed by atoms with Crippen molar-refractivity contribution in [1.29, 1.82) is 5.26 Å². The summed E-state index contributed by atoms with van der Waals surface area (Å²) in [5.41, 5.74) is 4.03. The number of anilines is 1. The number of pyridine rings is 1. The van der Waals surface area contributed by atoms with Gasteiger partial charge in [0.25, 0.3) is 6.01 Å². The molecule has 0 amide bonds. The topological polar surface area (TPSA) is 182 Å². The van der Waals surface area contributed by atoms with E-state index in [1.54, 1.807) is 12.5 Å². The first kappa shape index (κ1) is 24.5. The van der Waals surface area contributed by atoms with Crippen LogP contribution in [0, 0.1) is 17.2 Å². The molecular weight excluding hydrogens is 499 g/mol. The lowest BCUT2D eigenvalue weighted by atomic mass is 9.96. The fourth-order valence-corrected chi connectivity index (χ4v) is 4.64. The second-order valence-electron chi connectivity index (χ2n) is 8.36. The lowest BCUT2D eigenvalue weighted by molar-refractivity contribution is -0.244. The minimum absolute atomic E-state index is 0. The number of hydrogen-bond donors (Lipinski definition) is 2. The smallest absolute Gasteiger partial charge is 0.521 e. The molecule has 1 fully saturated rings. The van der Waals surface area contributed by atoms with Crippen LogP contribution in [0.5, 0.6) is 0 Å². The molecule has 0 radical (unpaired) electrons. The first-order valence-electron chi connectivity index (χ1n) is 11.3. The van der Waals surface area contributed by atoms with E-state index in [0.717, 1.165) is 47.3 Å². The standard InChI is InChI=1S/C23H20N8O.HO4P.H2/c24-7-3-19(15-5-11-31(12-15)23-29-18-2-1-8-26-22(18)32-23)30-10-6-16(13-30)20-17-4-9-25-21(17)28-14-27-20;1-4-5(2)3;/h1-2,4,6,8-10,13-15,19H,3,5,11-12H2,(H,25,27,28);1H;1H. The Morgan fingerprint density at radius 3 is 3.03 bits per heavy atom. The number of H-pyrrole nitrogens is 1. The largest absolute Gasteiger partial charge is 0.565 e. The summed E-state index contributed by atoms with van der Waals surface area (Å²) in [5.74, 6) is 0.301. The van der Waals surface area contributed by atoms with Gasteiger partial charge in [0.1, 0.15) is 17.5 Å². The molecule has 0 saturated carbocycles. The van der Waals surface area contributed by atoms with Gasteiger partial charge in [-0.25, -0.2) is 20.2 Å². The Bertz CT molecular complexity index is 1550. The number of aromatic amines is 1. The van der Waals surface area contributed by atoms with Gasteiger partial charge in [-0.15, -0.1) is 0 Å². The zero-order valence-corrected chi connectivity index (χ0v) is 20.2. The number of hydrogen-bond acceptors (Lipinski definition) is 11. The molecule has 0 spiro atoms. The summed E-state index contributed by atoms with van der Waals surface area (Å²) in [5, 5.41) is 17.6. The van der Waals surface area contributed by atoms with E-state index in [2.05, 4.69) is 57.4 Å². The number of oxazole rings is 1. The quantitative estimate of drug-likeness (QED) is 0.188. The first-order chi connectivity index (χ1) is 18.1. The highest BCUT2D eigenvalue weighted by atomic mass is 31.1. The van der Waals surface area contributed by atoms with Crippen LogP contribution in [0.2, 0.25) is 0 Å². The van der Waals surface area contributed by atoms with Crippen LogP contribution in [0.1, 0.15) is 20.3 Å². The lowest BCUT2D eigenvalue weighted by Crippen LogP contribution is -2.24. The molecule has 5 aromatic heterocycles. The molecule has 3 atom stereocenters. The second-order valence-corrected chi connectivity index (χ2v) is 8.97. The Morgan fingerprint density at radius 1 is 1.38 bits per heavy atom. The van der Waals surface area contributed by atoms with Gasteiger partial charge in [-0.3, -0.25) is 0 Å². The number of nitrogens with one attached hydrogen (secondary N) is 1. The van der Waals surface area contributed by atoms with Gasteiger partial charge in [0, 0.05) is 54.9 Å². The maximum Gasteiger partial charge on any atom is 0.521 e. The molecule has 37 heavy (non-hydrogen) atoms. The fourth-order valence-electron chi connectivity index (χ4n) is 4.64. The molecule has 2 N–H and O–H groups in total. The molecular formula is C23H23N8O5P. The monoisotopic (exact) mass is 522 g/mol. The van der Waals surface area contributed by atoms with Crippen LogP contribution in [0.15, 0.2) is 59.8 Å². The van der Waals surface area contributed by atoms with E-state index in [4.69, 9.17) is 19.1 Å². The van der Waals surface area contributed by atoms with Crippen LogP contribution in [0.25, 0.3) is 33.5 Å². The Labute approximate surface area is 212 Å². The van der Waals surface area contributed by atoms with Crippen LogP contribution in [-0.4, -0.2) is 47.8 Å². The average Bonchev–Trinajstić information content (AvgIpc) is 3.72.